The van der Waals surface area contributed by atoms with Crippen molar-refractivity contribution < 1.29 is 19.4 Å². The van der Waals surface area contributed by atoms with E-state index in [9.17, 15) is 14.7 Å². The number of nitrogens with zero attached hydrogens (tertiary/aromatic N) is 1. The zero-order valence-electron chi connectivity index (χ0n) is 18.9. The summed E-state index contributed by atoms with van der Waals surface area (Å²) >= 11 is 0. The Hall–Kier alpha value is -2.57. The van der Waals surface area contributed by atoms with Crippen LogP contribution in [0.15, 0.2) is 48.5 Å². The Morgan fingerprint density at radius 3 is 2.50 bits per heavy atom. The first-order chi connectivity index (χ1) is 14.9. The SMILES string of the molecule is CCCC[C@@H](N[C@H]1COc2ccccc2N(Cc2ccc(C(C)C)cc2)C1=O)C(=O)O.Cl. The number of anilines is 1. The van der Waals surface area contributed by atoms with Gasteiger partial charge < -0.3 is 14.7 Å². The molecule has 2 atom stereocenters. The van der Waals surface area contributed by atoms with Gasteiger partial charge in [0.25, 0.3) is 0 Å². The van der Waals surface area contributed by atoms with Crippen LogP contribution >= 0.6 is 12.4 Å². The number of amides is 1. The number of benzene rings is 2. The van der Waals surface area contributed by atoms with E-state index in [1.807, 2.05) is 43.3 Å². The van der Waals surface area contributed by atoms with Gasteiger partial charge in [-0.3, -0.25) is 14.9 Å². The monoisotopic (exact) mass is 460 g/mol. The van der Waals surface area contributed by atoms with E-state index >= 15 is 0 Å². The smallest absolute Gasteiger partial charge is 0.320 e. The van der Waals surface area contributed by atoms with Gasteiger partial charge in [-0.1, -0.05) is 70.0 Å². The lowest BCUT2D eigenvalue weighted by Gasteiger charge is -2.27. The number of ether oxygens (including phenoxy) is 1. The number of fused-ring (bicyclic) bond motifs is 1. The largest absolute Gasteiger partial charge is 0.489 e. The van der Waals surface area contributed by atoms with Crippen LogP contribution in [0.1, 0.15) is 57.1 Å². The molecule has 1 heterocycles. The van der Waals surface area contributed by atoms with Crippen molar-refractivity contribution in [1.82, 2.24) is 5.32 Å². The van der Waals surface area contributed by atoms with E-state index in [1.165, 1.54) is 5.56 Å². The number of unbranched alkanes of at least 4 members (excludes halogenated alkanes) is 1. The summed E-state index contributed by atoms with van der Waals surface area (Å²) in [6, 6.07) is 14.2. The number of hydrogen-bond acceptors (Lipinski definition) is 4. The molecule has 6 nitrogen and oxygen atoms in total. The number of aliphatic carboxylic acids is 1. The molecular formula is C25H33ClN2O4. The molecule has 32 heavy (non-hydrogen) atoms. The molecule has 0 unspecified atom stereocenters. The number of carbonyl (C=O) groups is 2. The number of rotatable bonds is 9. The van der Waals surface area contributed by atoms with Crippen molar-refractivity contribution in [3.8, 4) is 5.75 Å². The molecule has 0 saturated heterocycles. The highest BCUT2D eigenvalue weighted by atomic mass is 35.5. The summed E-state index contributed by atoms with van der Waals surface area (Å²) in [6.45, 7) is 6.79. The normalized spacial score (nSPS) is 16.6. The molecular weight excluding hydrogens is 428 g/mol. The van der Waals surface area contributed by atoms with Crippen molar-refractivity contribution in [1.29, 1.82) is 0 Å². The van der Waals surface area contributed by atoms with Gasteiger partial charge in [-0.15, -0.1) is 12.4 Å². The molecule has 2 aromatic carbocycles. The first kappa shape index (κ1) is 25.7. The molecule has 2 N–H and O–H groups in total. The third-order valence-corrected chi connectivity index (χ3v) is 5.66. The van der Waals surface area contributed by atoms with Gasteiger partial charge in [0.15, 0.2) is 0 Å². The van der Waals surface area contributed by atoms with Crippen molar-refractivity contribution in [3.05, 3.63) is 59.7 Å². The summed E-state index contributed by atoms with van der Waals surface area (Å²) in [5.41, 5.74) is 2.95. The predicted molar refractivity (Wildman–Crippen MR) is 129 cm³/mol. The van der Waals surface area contributed by atoms with Gasteiger partial charge in [0.1, 0.15) is 24.4 Å². The van der Waals surface area contributed by atoms with Crippen molar-refractivity contribution in [2.45, 2.75) is 64.6 Å². The van der Waals surface area contributed by atoms with Gasteiger partial charge in [-0.25, -0.2) is 0 Å². The van der Waals surface area contributed by atoms with Gasteiger partial charge >= 0.3 is 5.97 Å². The molecule has 0 bridgehead atoms. The molecule has 1 amide bonds. The van der Waals surface area contributed by atoms with Crippen molar-refractivity contribution in [2.24, 2.45) is 0 Å². The number of hydrogen-bond donors (Lipinski definition) is 2. The summed E-state index contributed by atoms with van der Waals surface area (Å²) in [4.78, 5) is 26.9. The fraction of sp³-hybridized carbons (Fsp3) is 0.440. The van der Waals surface area contributed by atoms with Crippen LogP contribution in [0.4, 0.5) is 5.69 Å². The van der Waals surface area contributed by atoms with Crippen LogP contribution < -0.4 is 15.0 Å². The number of carbonyl (C=O) groups excluding carboxylic acids is 1. The molecule has 0 aliphatic carbocycles. The van der Waals surface area contributed by atoms with E-state index < -0.39 is 18.1 Å². The zero-order chi connectivity index (χ0) is 22.4. The first-order valence-corrected chi connectivity index (χ1v) is 11.0. The van der Waals surface area contributed by atoms with E-state index in [0.717, 1.165) is 18.4 Å². The minimum atomic E-state index is -0.946. The van der Waals surface area contributed by atoms with Gasteiger partial charge in [-0.2, -0.15) is 0 Å². The number of carboxylic acids is 1. The maximum absolute atomic E-state index is 13.5. The Morgan fingerprint density at radius 1 is 1.19 bits per heavy atom. The quantitative estimate of drug-likeness (QED) is 0.564. The highest BCUT2D eigenvalue weighted by Gasteiger charge is 2.34. The number of carboxylic acid groups (broad SMARTS) is 1. The van der Waals surface area contributed by atoms with Crippen LogP contribution in [-0.2, 0) is 16.1 Å². The minimum Gasteiger partial charge on any atom is -0.489 e. The predicted octanol–water partition coefficient (Wildman–Crippen LogP) is 4.76. The zero-order valence-corrected chi connectivity index (χ0v) is 19.7. The molecule has 0 spiro atoms. The fourth-order valence-corrected chi connectivity index (χ4v) is 3.76. The van der Waals surface area contributed by atoms with Crippen molar-refractivity contribution in [2.75, 3.05) is 11.5 Å². The standard InChI is InChI=1S/C25H32N2O4.ClH/c1-4-5-8-20(25(29)30)26-21-16-31-23-10-7-6-9-22(23)27(24(21)28)15-18-11-13-19(14-12-18)17(2)3;/h6-7,9-14,17,20-21,26H,4-5,8,15-16H2,1-3H3,(H,29,30);1H/t20-,21+;/m1./s1. The van der Waals surface area contributed by atoms with Crippen LogP contribution in [0.2, 0.25) is 0 Å². The summed E-state index contributed by atoms with van der Waals surface area (Å²) < 4.78 is 5.92. The second-order valence-corrected chi connectivity index (χ2v) is 8.35. The molecule has 7 heteroatoms. The second kappa shape index (κ2) is 11.9. The maximum atomic E-state index is 13.5. The lowest BCUT2D eigenvalue weighted by atomic mass is 10.0. The van der Waals surface area contributed by atoms with Gasteiger partial charge in [-0.05, 0) is 35.6 Å². The molecule has 174 valence electrons. The Labute approximate surface area is 196 Å². The average molecular weight is 461 g/mol. The van der Waals surface area contributed by atoms with Gasteiger partial charge in [0, 0.05) is 0 Å². The van der Waals surface area contributed by atoms with Crippen molar-refractivity contribution in [3.63, 3.8) is 0 Å². The van der Waals surface area contributed by atoms with E-state index in [1.54, 1.807) is 4.90 Å². The molecule has 0 fully saturated rings. The third kappa shape index (κ3) is 6.24. The third-order valence-electron chi connectivity index (χ3n) is 5.66. The van der Waals surface area contributed by atoms with Crippen LogP contribution in [0.25, 0.3) is 0 Å². The second-order valence-electron chi connectivity index (χ2n) is 8.35. The molecule has 0 saturated carbocycles. The number of nitrogens with one attached hydrogen (secondary N) is 1. The minimum absolute atomic E-state index is 0. The molecule has 0 aromatic heterocycles. The van der Waals surface area contributed by atoms with E-state index in [2.05, 4.69) is 31.3 Å². The summed E-state index contributed by atoms with van der Waals surface area (Å²) in [5.74, 6) is -0.0634. The van der Waals surface area contributed by atoms with Gasteiger partial charge in [0.05, 0.1) is 12.2 Å². The molecule has 3 rings (SSSR count). The summed E-state index contributed by atoms with van der Waals surface area (Å²) in [5, 5.41) is 12.6. The van der Waals surface area contributed by atoms with Crippen LogP contribution in [0.5, 0.6) is 5.75 Å². The van der Waals surface area contributed by atoms with Gasteiger partial charge in [0.2, 0.25) is 5.91 Å². The molecule has 1 aliphatic heterocycles. The summed E-state index contributed by atoms with van der Waals surface area (Å²) in [7, 11) is 0. The van der Waals surface area contributed by atoms with E-state index in [-0.39, 0.29) is 24.9 Å². The number of para-hydroxylation sites is 2. The van der Waals surface area contributed by atoms with Crippen LogP contribution in [0, 0.1) is 0 Å². The molecule has 2 aromatic rings. The summed E-state index contributed by atoms with van der Waals surface area (Å²) in [6.07, 6.45) is 2.14. The highest BCUT2D eigenvalue weighted by molar-refractivity contribution is 5.99. The lowest BCUT2D eigenvalue weighted by molar-refractivity contribution is -0.140. The number of halogens is 1. The molecule has 1 aliphatic rings. The first-order valence-electron chi connectivity index (χ1n) is 11.0. The topological polar surface area (TPSA) is 78.9 Å². The molecule has 0 radical (unpaired) electrons. The van der Waals surface area contributed by atoms with Crippen LogP contribution in [0.3, 0.4) is 0 Å². The van der Waals surface area contributed by atoms with E-state index in [0.29, 0.717) is 30.3 Å². The Balaban J connectivity index is 0.00000363. The fourth-order valence-electron chi connectivity index (χ4n) is 3.76. The average Bonchev–Trinajstić information content (AvgIpc) is 2.89. The van der Waals surface area contributed by atoms with E-state index in [4.69, 9.17) is 4.74 Å². The maximum Gasteiger partial charge on any atom is 0.320 e. The highest BCUT2D eigenvalue weighted by Crippen LogP contribution is 2.32. The van der Waals surface area contributed by atoms with Crippen LogP contribution in [-0.4, -0.2) is 35.7 Å². The van der Waals surface area contributed by atoms with Crippen molar-refractivity contribution >= 4 is 30.0 Å². The lowest BCUT2D eigenvalue weighted by Crippen LogP contribution is -2.53. The Bertz CT molecular complexity index is 901. The Morgan fingerprint density at radius 2 is 1.88 bits per heavy atom. The Kier molecular flexibility index (Phi) is 9.54.